The molecule has 2 heterocycles. The van der Waals surface area contributed by atoms with Crippen LogP contribution in [0.2, 0.25) is 0 Å². The highest BCUT2D eigenvalue weighted by Crippen LogP contribution is 2.40. The fourth-order valence-electron chi connectivity index (χ4n) is 5.36. The van der Waals surface area contributed by atoms with Crippen molar-refractivity contribution in [2.75, 3.05) is 11.4 Å². The van der Waals surface area contributed by atoms with Crippen molar-refractivity contribution in [2.45, 2.75) is 44.7 Å². The molecule has 0 unspecified atom stereocenters. The van der Waals surface area contributed by atoms with Crippen molar-refractivity contribution < 1.29 is 14.7 Å². The van der Waals surface area contributed by atoms with Crippen LogP contribution in [0.3, 0.4) is 0 Å². The highest BCUT2D eigenvalue weighted by Gasteiger charge is 2.35. The van der Waals surface area contributed by atoms with Crippen LogP contribution in [0.25, 0.3) is 22.2 Å². The minimum atomic E-state index is -0.852. The molecule has 188 valence electrons. The second-order valence-corrected chi connectivity index (χ2v) is 9.48. The number of nitrogens with zero attached hydrogens (tertiary/aromatic N) is 2. The Morgan fingerprint density at radius 1 is 1.00 bits per heavy atom. The Kier molecular flexibility index (Phi) is 7.17. The molecule has 1 aromatic heterocycles. The number of benzene rings is 3. The fourth-order valence-corrected chi connectivity index (χ4v) is 5.36. The Morgan fingerprint density at radius 2 is 1.68 bits per heavy atom. The lowest BCUT2D eigenvalue weighted by Crippen LogP contribution is -2.37. The number of carbonyl (C=O) groups excluding carboxylic acids is 1. The summed E-state index contributed by atoms with van der Waals surface area (Å²) in [4.78, 5) is 32.7. The number of hydrogen-bond donors (Lipinski definition) is 2. The molecule has 0 saturated carbocycles. The van der Waals surface area contributed by atoms with E-state index in [4.69, 9.17) is 4.98 Å². The average molecular weight is 494 g/mol. The number of para-hydroxylation sites is 1. The Hall–Kier alpha value is -4.19. The van der Waals surface area contributed by atoms with Crippen molar-refractivity contribution in [1.29, 1.82) is 0 Å². The lowest BCUT2D eigenvalue weighted by Gasteiger charge is -2.29. The van der Waals surface area contributed by atoms with Gasteiger partial charge >= 0.3 is 5.97 Å². The second-order valence-electron chi connectivity index (χ2n) is 9.48. The number of rotatable bonds is 8. The van der Waals surface area contributed by atoms with Crippen LogP contribution in [0.4, 0.5) is 5.69 Å². The molecule has 0 aliphatic carbocycles. The number of aliphatic carboxylic acids is 1. The van der Waals surface area contributed by atoms with Gasteiger partial charge in [-0.25, -0.2) is 9.78 Å². The van der Waals surface area contributed by atoms with Gasteiger partial charge in [0.1, 0.15) is 6.04 Å². The zero-order valence-corrected chi connectivity index (χ0v) is 20.9. The van der Waals surface area contributed by atoms with E-state index in [-0.39, 0.29) is 18.4 Å². The smallest absolute Gasteiger partial charge is 0.326 e. The van der Waals surface area contributed by atoms with Gasteiger partial charge in [0.2, 0.25) is 5.91 Å². The maximum Gasteiger partial charge on any atom is 0.326 e. The summed E-state index contributed by atoms with van der Waals surface area (Å²) in [5, 5.41) is 14.1. The predicted octanol–water partition coefficient (Wildman–Crippen LogP) is 5.77. The summed E-state index contributed by atoms with van der Waals surface area (Å²) in [6, 6.07) is 26.8. The van der Waals surface area contributed by atoms with Gasteiger partial charge in [-0.3, -0.25) is 4.79 Å². The number of hydrogen-bond acceptors (Lipinski definition) is 4. The molecule has 2 atom stereocenters. The molecular formula is C31H31N3O3. The molecule has 5 rings (SSSR count). The van der Waals surface area contributed by atoms with Gasteiger partial charge in [-0.15, -0.1) is 0 Å². The minimum Gasteiger partial charge on any atom is -0.480 e. The van der Waals surface area contributed by atoms with E-state index < -0.39 is 12.0 Å². The highest BCUT2D eigenvalue weighted by molar-refractivity contribution is 5.98. The zero-order valence-electron chi connectivity index (χ0n) is 20.9. The first kappa shape index (κ1) is 24.5. The number of fused-ring (bicyclic) bond motifs is 1. The van der Waals surface area contributed by atoms with Crippen molar-refractivity contribution in [3.05, 3.63) is 96.1 Å². The number of carboxylic acid groups (broad SMARTS) is 1. The second kappa shape index (κ2) is 10.8. The molecule has 1 aliphatic rings. The van der Waals surface area contributed by atoms with Crippen LogP contribution >= 0.6 is 0 Å². The van der Waals surface area contributed by atoms with Crippen molar-refractivity contribution in [3.8, 4) is 11.3 Å². The monoisotopic (exact) mass is 493 g/mol. The first-order chi connectivity index (χ1) is 18.1. The lowest BCUT2D eigenvalue weighted by atomic mass is 9.96. The first-order valence-electron chi connectivity index (χ1n) is 12.9. The summed E-state index contributed by atoms with van der Waals surface area (Å²) in [5.74, 6) is -0.950. The van der Waals surface area contributed by atoms with Crippen LogP contribution in [-0.2, 0) is 16.0 Å². The van der Waals surface area contributed by atoms with Crippen LogP contribution < -0.4 is 10.2 Å². The molecule has 6 nitrogen and oxygen atoms in total. The van der Waals surface area contributed by atoms with E-state index in [0.29, 0.717) is 18.7 Å². The normalized spacial score (nSPS) is 16.0. The van der Waals surface area contributed by atoms with E-state index in [1.54, 1.807) is 0 Å². The molecule has 1 amide bonds. The Balaban J connectivity index is 1.64. The summed E-state index contributed by atoms with van der Waals surface area (Å²) < 4.78 is 0. The maximum absolute atomic E-state index is 13.6. The predicted molar refractivity (Wildman–Crippen MR) is 147 cm³/mol. The number of amides is 1. The number of aromatic nitrogens is 1. The third kappa shape index (κ3) is 5.05. The van der Waals surface area contributed by atoms with Gasteiger partial charge in [-0.1, -0.05) is 85.8 Å². The number of carboxylic acids is 1. The third-order valence-corrected chi connectivity index (χ3v) is 7.13. The van der Waals surface area contributed by atoms with Crippen molar-refractivity contribution in [2.24, 2.45) is 0 Å². The van der Waals surface area contributed by atoms with E-state index in [9.17, 15) is 14.7 Å². The third-order valence-electron chi connectivity index (χ3n) is 7.13. The van der Waals surface area contributed by atoms with Gasteiger partial charge in [0, 0.05) is 17.5 Å². The van der Waals surface area contributed by atoms with Crippen LogP contribution in [0.15, 0.2) is 84.9 Å². The Morgan fingerprint density at radius 3 is 2.38 bits per heavy atom. The highest BCUT2D eigenvalue weighted by atomic mass is 16.4. The molecule has 1 saturated heterocycles. The van der Waals surface area contributed by atoms with Crippen LogP contribution in [-0.4, -0.2) is 34.6 Å². The molecule has 2 N–H and O–H groups in total. The molecule has 3 aromatic carbocycles. The maximum atomic E-state index is 13.6. The SMILES string of the molecule is CC[C@H](NC(=O)Cc1c(N2CCC[C@H]2C(=O)O)c(-c2ccccc2)nc2ccccc12)c1ccccc1. The largest absolute Gasteiger partial charge is 0.480 e. The summed E-state index contributed by atoms with van der Waals surface area (Å²) in [7, 11) is 0. The quantitative estimate of drug-likeness (QED) is 0.326. The van der Waals surface area contributed by atoms with Gasteiger partial charge in [-0.05, 0) is 36.5 Å². The van der Waals surface area contributed by atoms with Gasteiger partial charge in [-0.2, -0.15) is 0 Å². The Bertz CT molecular complexity index is 1410. The number of pyridine rings is 1. The molecule has 1 fully saturated rings. The van der Waals surface area contributed by atoms with Crippen LogP contribution in [0.5, 0.6) is 0 Å². The molecule has 0 bridgehead atoms. The minimum absolute atomic E-state index is 0.0987. The van der Waals surface area contributed by atoms with Gasteiger partial charge in [0.15, 0.2) is 0 Å². The first-order valence-corrected chi connectivity index (χ1v) is 12.9. The molecular weight excluding hydrogens is 462 g/mol. The Labute approximate surface area is 217 Å². The summed E-state index contributed by atoms with van der Waals surface area (Å²) in [5.41, 5.74) is 5.03. The number of anilines is 1. The van der Waals surface area contributed by atoms with E-state index in [1.807, 2.05) is 89.8 Å². The van der Waals surface area contributed by atoms with E-state index in [1.165, 1.54) is 0 Å². The van der Waals surface area contributed by atoms with Gasteiger partial charge < -0.3 is 15.3 Å². The topological polar surface area (TPSA) is 82.5 Å². The average Bonchev–Trinajstić information content (AvgIpc) is 3.42. The molecule has 4 aromatic rings. The summed E-state index contributed by atoms with van der Waals surface area (Å²) in [6.07, 6.45) is 2.23. The van der Waals surface area contributed by atoms with E-state index in [2.05, 4.69) is 12.2 Å². The molecule has 37 heavy (non-hydrogen) atoms. The van der Waals surface area contributed by atoms with Crippen molar-refractivity contribution in [1.82, 2.24) is 10.3 Å². The van der Waals surface area contributed by atoms with Crippen molar-refractivity contribution in [3.63, 3.8) is 0 Å². The van der Waals surface area contributed by atoms with Crippen LogP contribution in [0.1, 0.15) is 43.4 Å². The van der Waals surface area contributed by atoms with Crippen molar-refractivity contribution >= 4 is 28.5 Å². The van der Waals surface area contributed by atoms with Gasteiger partial charge in [0.05, 0.1) is 29.4 Å². The van der Waals surface area contributed by atoms with Gasteiger partial charge in [0.25, 0.3) is 0 Å². The number of carbonyl (C=O) groups is 2. The fraction of sp³-hybridized carbons (Fsp3) is 0.258. The van der Waals surface area contributed by atoms with Crippen LogP contribution in [0, 0.1) is 0 Å². The zero-order chi connectivity index (χ0) is 25.8. The lowest BCUT2D eigenvalue weighted by molar-refractivity contribution is -0.138. The standard InChI is InChI=1S/C31H31N3O3/c1-2-25(21-12-5-3-6-13-21)32-28(35)20-24-23-16-9-10-17-26(23)33-29(22-14-7-4-8-15-22)30(24)34-19-11-18-27(34)31(36)37/h3-10,12-17,25,27H,2,11,18-20H2,1H3,(H,32,35)(H,36,37)/t25-,27-/m0/s1. The summed E-state index contributed by atoms with van der Waals surface area (Å²) >= 11 is 0. The molecule has 0 spiro atoms. The summed E-state index contributed by atoms with van der Waals surface area (Å²) in [6.45, 7) is 2.66. The molecule has 6 heteroatoms. The van der Waals surface area contributed by atoms with E-state index >= 15 is 0 Å². The molecule has 0 radical (unpaired) electrons. The number of nitrogens with one attached hydrogen (secondary N) is 1. The van der Waals surface area contributed by atoms with E-state index in [0.717, 1.165) is 46.1 Å². The molecule has 1 aliphatic heterocycles.